The number of halogens is 2. The molecular weight excluding hydrogens is 513 g/mol. The third kappa shape index (κ3) is 7.75. The number of nitrogens with one attached hydrogen (secondary N) is 1. The second-order valence-corrected chi connectivity index (χ2v) is 10.6. The molecule has 2 rings (SSSR count). The van der Waals surface area contributed by atoms with Gasteiger partial charge < -0.3 is 15.0 Å². The molecule has 0 heterocycles. The first kappa shape index (κ1) is 28.7. The Morgan fingerprint density at radius 3 is 2.17 bits per heavy atom. The molecule has 35 heavy (non-hydrogen) atoms. The second-order valence-electron chi connectivity index (χ2n) is 7.90. The maximum Gasteiger partial charge on any atom is 0.242 e. The summed E-state index contributed by atoms with van der Waals surface area (Å²) in [6.07, 6.45) is 1.77. The van der Waals surface area contributed by atoms with E-state index >= 15 is 0 Å². The number of benzene rings is 2. The zero-order chi connectivity index (χ0) is 26.2. The first-order valence-corrected chi connectivity index (χ1v) is 13.7. The van der Waals surface area contributed by atoms with E-state index in [1.54, 1.807) is 42.5 Å². The third-order valence-electron chi connectivity index (χ3n) is 5.54. The molecule has 1 atom stereocenters. The summed E-state index contributed by atoms with van der Waals surface area (Å²) in [4.78, 5) is 27.3. The summed E-state index contributed by atoms with van der Waals surface area (Å²) in [5.41, 5.74) is 1.01. The van der Waals surface area contributed by atoms with Crippen molar-refractivity contribution < 1.29 is 22.7 Å². The molecule has 0 aliphatic heterocycles. The summed E-state index contributed by atoms with van der Waals surface area (Å²) in [5, 5.41) is 3.38. The Morgan fingerprint density at radius 1 is 1.09 bits per heavy atom. The molecule has 8 nitrogen and oxygen atoms in total. The molecule has 2 aromatic carbocycles. The third-order valence-corrected chi connectivity index (χ3v) is 7.44. The number of amides is 2. The lowest BCUT2D eigenvalue weighted by Crippen LogP contribution is -2.48. The second kappa shape index (κ2) is 13.0. The van der Waals surface area contributed by atoms with E-state index in [0.29, 0.717) is 33.5 Å². The van der Waals surface area contributed by atoms with Crippen molar-refractivity contribution in [3.8, 4) is 5.75 Å². The topological polar surface area (TPSA) is 96.0 Å². The van der Waals surface area contributed by atoms with E-state index in [1.165, 1.54) is 23.4 Å². The molecule has 0 saturated heterocycles. The minimum absolute atomic E-state index is 0.0255. The van der Waals surface area contributed by atoms with Crippen LogP contribution in [0.25, 0.3) is 0 Å². The van der Waals surface area contributed by atoms with Gasteiger partial charge in [0.1, 0.15) is 11.8 Å². The highest BCUT2D eigenvalue weighted by Crippen LogP contribution is 2.28. The smallest absolute Gasteiger partial charge is 0.242 e. The number of methoxy groups -OCH3 is 1. The number of carbonyl (C=O) groups is 2. The standard InChI is InChI=1S/C24H31Cl2N3O5S/c1-5-22(24(31)27-2)28(16-19-20(25)8-6-9-21(19)26)23(30)10-7-15-29(35(4,32)33)17-11-13-18(34-3)14-12-17/h6,8-9,11-14,22H,5,7,10,15-16H2,1-4H3,(H,27,31)/t22-/m0/s1. The van der Waals surface area contributed by atoms with Crippen molar-refractivity contribution in [1.82, 2.24) is 10.2 Å². The van der Waals surface area contributed by atoms with E-state index < -0.39 is 16.1 Å². The fraction of sp³-hybridized carbons (Fsp3) is 0.417. The van der Waals surface area contributed by atoms with Crippen LogP contribution in [0.5, 0.6) is 5.75 Å². The average molecular weight is 545 g/mol. The molecule has 0 aliphatic rings. The van der Waals surface area contributed by atoms with Gasteiger partial charge >= 0.3 is 0 Å². The van der Waals surface area contributed by atoms with Gasteiger partial charge in [0.25, 0.3) is 0 Å². The Kier molecular flexibility index (Phi) is 10.7. The molecular formula is C24H31Cl2N3O5S. The Balaban J connectivity index is 2.23. The van der Waals surface area contributed by atoms with Crippen molar-refractivity contribution in [2.75, 3.05) is 31.3 Å². The van der Waals surface area contributed by atoms with Gasteiger partial charge in [-0.25, -0.2) is 8.42 Å². The number of anilines is 1. The van der Waals surface area contributed by atoms with Crippen LogP contribution in [-0.2, 0) is 26.2 Å². The highest BCUT2D eigenvalue weighted by molar-refractivity contribution is 7.92. The molecule has 0 unspecified atom stereocenters. The van der Waals surface area contributed by atoms with Gasteiger partial charge in [-0.3, -0.25) is 13.9 Å². The maximum absolute atomic E-state index is 13.3. The van der Waals surface area contributed by atoms with Gasteiger partial charge in [0.05, 0.1) is 19.1 Å². The van der Waals surface area contributed by atoms with E-state index in [4.69, 9.17) is 27.9 Å². The van der Waals surface area contributed by atoms with E-state index in [9.17, 15) is 18.0 Å². The van der Waals surface area contributed by atoms with Crippen LogP contribution in [0, 0.1) is 0 Å². The number of sulfonamides is 1. The first-order chi connectivity index (χ1) is 16.5. The van der Waals surface area contributed by atoms with Crippen LogP contribution < -0.4 is 14.4 Å². The minimum Gasteiger partial charge on any atom is -0.497 e. The molecule has 2 aromatic rings. The fourth-order valence-corrected chi connectivity index (χ4v) is 5.17. The fourth-order valence-electron chi connectivity index (χ4n) is 3.69. The Morgan fingerprint density at radius 2 is 1.69 bits per heavy atom. The number of rotatable bonds is 12. The first-order valence-electron chi connectivity index (χ1n) is 11.1. The number of ether oxygens (including phenoxy) is 1. The summed E-state index contributed by atoms with van der Waals surface area (Å²) in [7, 11) is -0.550. The van der Waals surface area contributed by atoms with Crippen molar-refractivity contribution >= 4 is 50.7 Å². The lowest BCUT2D eigenvalue weighted by atomic mass is 10.1. The van der Waals surface area contributed by atoms with E-state index in [-0.39, 0.29) is 37.7 Å². The number of carbonyl (C=O) groups excluding carboxylic acids is 2. The molecule has 0 aromatic heterocycles. The molecule has 0 saturated carbocycles. The Hall–Kier alpha value is -2.49. The summed E-state index contributed by atoms with van der Waals surface area (Å²) < 4.78 is 31.2. The van der Waals surface area contributed by atoms with E-state index in [1.807, 2.05) is 6.92 Å². The van der Waals surface area contributed by atoms with Gasteiger partial charge in [-0.15, -0.1) is 0 Å². The maximum atomic E-state index is 13.3. The zero-order valence-corrected chi connectivity index (χ0v) is 22.6. The number of nitrogens with zero attached hydrogens (tertiary/aromatic N) is 2. The van der Waals surface area contributed by atoms with Crippen molar-refractivity contribution in [3.63, 3.8) is 0 Å². The molecule has 0 aliphatic carbocycles. The SMILES string of the molecule is CC[C@@H](C(=O)NC)N(Cc1c(Cl)cccc1Cl)C(=O)CCCN(c1ccc(OC)cc1)S(C)(=O)=O. The molecule has 2 amide bonds. The predicted octanol–water partition coefficient (Wildman–Crippen LogP) is 4.10. The number of likely N-dealkylation sites (N-methyl/N-ethyl adjacent to an activating group) is 1. The lowest BCUT2D eigenvalue weighted by Gasteiger charge is -2.31. The summed E-state index contributed by atoms with van der Waals surface area (Å²) in [5.74, 6) is -0.00861. The van der Waals surface area contributed by atoms with E-state index in [0.717, 1.165) is 6.26 Å². The summed E-state index contributed by atoms with van der Waals surface area (Å²) in [6, 6.07) is 10.9. The normalized spacial score (nSPS) is 12.1. The quantitative estimate of drug-likeness (QED) is 0.434. The summed E-state index contributed by atoms with van der Waals surface area (Å²) in [6.45, 7) is 1.95. The minimum atomic E-state index is -3.59. The van der Waals surface area contributed by atoms with Crippen molar-refractivity contribution in [1.29, 1.82) is 0 Å². The Bertz CT molecular complexity index is 1110. The summed E-state index contributed by atoms with van der Waals surface area (Å²) >= 11 is 12.6. The van der Waals surface area contributed by atoms with Crippen LogP contribution in [0.3, 0.4) is 0 Å². The number of hydrogen-bond donors (Lipinski definition) is 1. The van der Waals surface area contributed by atoms with Gasteiger partial charge in [-0.1, -0.05) is 36.2 Å². The lowest BCUT2D eigenvalue weighted by molar-refractivity contribution is -0.141. The molecule has 192 valence electrons. The van der Waals surface area contributed by atoms with Gasteiger partial charge in [0.2, 0.25) is 21.8 Å². The van der Waals surface area contributed by atoms with Gasteiger partial charge in [0.15, 0.2) is 0 Å². The van der Waals surface area contributed by atoms with Crippen LogP contribution in [-0.4, -0.2) is 58.1 Å². The molecule has 0 fully saturated rings. The molecule has 0 spiro atoms. The van der Waals surface area contributed by atoms with Crippen molar-refractivity contribution in [2.45, 2.75) is 38.8 Å². The van der Waals surface area contributed by atoms with Crippen LogP contribution in [0.1, 0.15) is 31.7 Å². The highest BCUT2D eigenvalue weighted by Gasteiger charge is 2.29. The molecule has 11 heteroatoms. The predicted molar refractivity (Wildman–Crippen MR) is 140 cm³/mol. The van der Waals surface area contributed by atoms with Gasteiger partial charge in [0, 0.05) is 42.2 Å². The van der Waals surface area contributed by atoms with Gasteiger partial charge in [-0.2, -0.15) is 0 Å². The van der Waals surface area contributed by atoms with Gasteiger partial charge in [-0.05, 0) is 49.2 Å². The van der Waals surface area contributed by atoms with Crippen LogP contribution in [0.4, 0.5) is 5.69 Å². The monoisotopic (exact) mass is 543 g/mol. The highest BCUT2D eigenvalue weighted by atomic mass is 35.5. The van der Waals surface area contributed by atoms with Crippen molar-refractivity contribution in [3.05, 3.63) is 58.1 Å². The largest absolute Gasteiger partial charge is 0.497 e. The molecule has 1 N–H and O–H groups in total. The van der Waals surface area contributed by atoms with E-state index in [2.05, 4.69) is 5.32 Å². The zero-order valence-electron chi connectivity index (χ0n) is 20.3. The average Bonchev–Trinajstić information content (AvgIpc) is 2.82. The Labute approximate surface area is 217 Å². The number of hydrogen-bond acceptors (Lipinski definition) is 5. The van der Waals surface area contributed by atoms with Crippen molar-refractivity contribution in [2.24, 2.45) is 0 Å². The van der Waals surface area contributed by atoms with Crippen LogP contribution in [0.2, 0.25) is 10.0 Å². The van der Waals surface area contributed by atoms with Crippen LogP contribution in [0.15, 0.2) is 42.5 Å². The molecule has 0 radical (unpaired) electrons. The van der Waals surface area contributed by atoms with Crippen LogP contribution >= 0.6 is 23.2 Å². The molecule has 0 bridgehead atoms.